The van der Waals surface area contributed by atoms with E-state index >= 15 is 0 Å². The molecule has 25 heavy (non-hydrogen) atoms. The number of rotatable bonds is 10. The Morgan fingerprint density at radius 1 is 1.20 bits per heavy atom. The first kappa shape index (κ1) is 20.8. The van der Waals surface area contributed by atoms with Crippen LogP contribution in [0.4, 0.5) is 4.79 Å². The van der Waals surface area contributed by atoms with Gasteiger partial charge in [-0.1, -0.05) is 32.1 Å². The fourth-order valence-electron chi connectivity index (χ4n) is 2.10. The Kier molecular flexibility index (Phi) is 7.72. The molecular weight excluding hydrogens is 342 g/mol. The van der Waals surface area contributed by atoms with E-state index in [-0.39, 0.29) is 19.0 Å². The SMILES string of the molecule is C=CCN(CC(C)C)C(=O)n1cnc(S(=O)(=O)N(CC=C)CC=C)n1. The van der Waals surface area contributed by atoms with Gasteiger partial charge in [0, 0.05) is 26.2 Å². The number of hydrogen-bond donors (Lipinski definition) is 0. The highest BCUT2D eigenvalue weighted by molar-refractivity contribution is 7.89. The van der Waals surface area contributed by atoms with E-state index in [1.807, 2.05) is 13.8 Å². The molecule has 0 saturated carbocycles. The minimum atomic E-state index is -3.94. The molecule has 0 aliphatic heterocycles. The zero-order valence-electron chi connectivity index (χ0n) is 14.7. The standard InChI is InChI=1S/C16H25N5O3S/c1-6-9-19(12-14(4)5)16(22)21-13-17-15(18-21)25(23,24)20(10-7-2)11-8-3/h6-8,13-14H,1-3,9-12H2,4-5H3. The molecule has 0 aliphatic carbocycles. The second kappa shape index (κ2) is 9.28. The van der Waals surface area contributed by atoms with Crippen LogP contribution in [0.2, 0.25) is 0 Å². The van der Waals surface area contributed by atoms with E-state index in [0.29, 0.717) is 13.1 Å². The van der Waals surface area contributed by atoms with Crippen LogP contribution in [0.5, 0.6) is 0 Å². The molecule has 1 rings (SSSR count). The molecule has 1 amide bonds. The monoisotopic (exact) mass is 367 g/mol. The van der Waals surface area contributed by atoms with Crippen LogP contribution in [-0.2, 0) is 10.0 Å². The highest BCUT2D eigenvalue weighted by Crippen LogP contribution is 2.11. The van der Waals surface area contributed by atoms with Crippen molar-refractivity contribution in [1.82, 2.24) is 24.0 Å². The van der Waals surface area contributed by atoms with Crippen LogP contribution in [0.3, 0.4) is 0 Å². The van der Waals surface area contributed by atoms with E-state index in [0.717, 1.165) is 15.3 Å². The van der Waals surface area contributed by atoms with E-state index in [1.54, 1.807) is 6.08 Å². The maximum atomic E-state index is 12.6. The van der Waals surface area contributed by atoms with Crippen molar-refractivity contribution in [1.29, 1.82) is 0 Å². The zero-order valence-corrected chi connectivity index (χ0v) is 15.5. The molecule has 0 saturated heterocycles. The van der Waals surface area contributed by atoms with Gasteiger partial charge in [-0.3, -0.25) is 0 Å². The smallest absolute Gasteiger partial charge is 0.319 e. The predicted molar refractivity (Wildman–Crippen MR) is 96.6 cm³/mol. The van der Waals surface area contributed by atoms with E-state index in [9.17, 15) is 13.2 Å². The molecule has 0 N–H and O–H groups in total. The Bertz CT molecular complexity index is 714. The molecule has 1 aromatic heterocycles. The summed E-state index contributed by atoms with van der Waals surface area (Å²) >= 11 is 0. The molecule has 0 radical (unpaired) electrons. The number of aromatic nitrogens is 3. The lowest BCUT2D eigenvalue weighted by atomic mass is 10.2. The summed E-state index contributed by atoms with van der Waals surface area (Å²) in [4.78, 5) is 17.8. The normalized spacial score (nSPS) is 11.5. The summed E-state index contributed by atoms with van der Waals surface area (Å²) < 4.78 is 27.2. The number of hydrogen-bond acceptors (Lipinski definition) is 5. The van der Waals surface area contributed by atoms with Crippen molar-refractivity contribution < 1.29 is 13.2 Å². The Balaban J connectivity index is 3.10. The van der Waals surface area contributed by atoms with Crippen LogP contribution in [-0.4, -0.2) is 64.6 Å². The van der Waals surface area contributed by atoms with Crippen LogP contribution < -0.4 is 0 Å². The van der Waals surface area contributed by atoms with E-state index in [2.05, 4.69) is 29.8 Å². The highest BCUT2D eigenvalue weighted by Gasteiger charge is 2.28. The van der Waals surface area contributed by atoms with Crippen LogP contribution >= 0.6 is 0 Å². The molecule has 0 aromatic carbocycles. The van der Waals surface area contributed by atoms with E-state index in [4.69, 9.17) is 0 Å². The molecular formula is C16H25N5O3S. The largest absolute Gasteiger partial charge is 0.346 e. The molecule has 8 nitrogen and oxygen atoms in total. The number of carbonyl (C=O) groups excluding carboxylic acids is 1. The summed E-state index contributed by atoms with van der Waals surface area (Å²) in [6, 6.07) is -0.457. The number of sulfonamides is 1. The summed E-state index contributed by atoms with van der Waals surface area (Å²) in [5.41, 5.74) is 0. The second-order valence-electron chi connectivity index (χ2n) is 5.74. The Morgan fingerprint density at radius 3 is 2.24 bits per heavy atom. The van der Waals surface area contributed by atoms with Gasteiger partial charge in [0.05, 0.1) is 0 Å². The number of nitrogens with zero attached hydrogens (tertiary/aromatic N) is 5. The van der Waals surface area contributed by atoms with Gasteiger partial charge in [-0.25, -0.2) is 18.2 Å². The molecule has 0 atom stereocenters. The average molecular weight is 367 g/mol. The van der Waals surface area contributed by atoms with Gasteiger partial charge in [-0.05, 0) is 5.92 Å². The summed E-state index contributed by atoms with van der Waals surface area (Å²) in [5, 5.41) is 3.42. The molecule has 1 heterocycles. The van der Waals surface area contributed by atoms with Crippen molar-refractivity contribution in [2.75, 3.05) is 26.2 Å². The van der Waals surface area contributed by atoms with Gasteiger partial charge in [-0.2, -0.15) is 8.99 Å². The van der Waals surface area contributed by atoms with Crippen molar-refractivity contribution in [2.45, 2.75) is 19.0 Å². The van der Waals surface area contributed by atoms with Crippen molar-refractivity contribution in [3.8, 4) is 0 Å². The van der Waals surface area contributed by atoms with Crippen molar-refractivity contribution in [3.63, 3.8) is 0 Å². The molecule has 0 unspecified atom stereocenters. The summed E-state index contributed by atoms with van der Waals surface area (Å²) in [7, 11) is -3.94. The number of carbonyl (C=O) groups is 1. The number of amides is 1. The van der Waals surface area contributed by atoms with Crippen molar-refractivity contribution in [3.05, 3.63) is 44.3 Å². The van der Waals surface area contributed by atoms with Crippen LogP contribution in [0.15, 0.2) is 49.4 Å². The van der Waals surface area contributed by atoms with E-state index in [1.165, 1.54) is 17.1 Å². The molecule has 0 bridgehead atoms. The van der Waals surface area contributed by atoms with E-state index < -0.39 is 21.2 Å². The second-order valence-corrected chi connectivity index (χ2v) is 7.57. The van der Waals surface area contributed by atoms with Crippen LogP contribution in [0.1, 0.15) is 13.8 Å². The molecule has 9 heteroatoms. The zero-order chi connectivity index (χ0) is 19.0. The summed E-state index contributed by atoms with van der Waals surface area (Å²) in [6.07, 6.45) is 5.62. The third-order valence-corrected chi connectivity index (χ3v) is 4.73. The van der Waals surface area contributed by atoms with Crippen LogP contribution in [0, 0.1) is 5.92 Å². The lowest BCUT2D eigenvalue weighted by molar-refractivity contribution is 0.195. The van der Waals surface area contributed by atoms with Gasteiger partial charge in [0.15, 0.2) is 0 Å². The molecule has 138 valence electrons. The molecule has 0 fully saturated rings. The maximum absolute atomic E-state index is 12.6. The molecule has 1 aromatic rings. The van der Waals surface area contributed by atoms with Crippen molar-refractivity contribution in [2.24, 2.45) is 5.92 Å². The minimum Gasteiger partial charge on any atom is -0.319 e. The fraction of sp³-hybridized carbons (Fsp3) is 0.438. The maximum Gasteiger partial charge on any atom is 0.346 e. The third kappa shape index (κ3) is 5.36. The van der Waals surface area contributed by atoms with Gasteiger partial charge in [-0.15, -0.1) is 24.8 Å². The van der Waals surface area contributed by atoms with Gasteiger partial charge in [0.2, 0.25) is 0 Å². The Hall–Kier alpha value is -2.26. The first-order valence-electron chi connectivity index (χ1n) is 7.81. The Labute approximate surface area is 149 Å². The lowest BCUT2D eigenvalue weighted by Gasteiger charge is -2.22. The van der Waals surface area contributed by atoms with Crippen LogP contribution in [0.25, 0.3) is 0 Å². The van der Waals surface area contributed by atoms with Gasteiger partial charge in [0.1, 0.15) is 6.33 Å². The predicted octanol–water partition coefficient (Wildman–Crippen LogP) is 1.75. The third-order valence-electron chi connectivity index (χ3n) is 3.11. The summed E-state index contributed by atoms with van der Waals surface area (Å²) in [5.74, 6) is 0.242. The van der Waals surface area contributed by atoms with Gasteiger partial charge in [0.25, 0.3) is 15.2 Å². The topological polar surface area (TPSA) is 88.4 Å². The highest BCUT2D eigenvalue weighted by atomic mass is 32.2. The Morgan fingerprint density at radius 2 is 1.76 bits per heavy atom. The summed E-state index contributed by atoms with van der Waals surface area (Å²) in [6.45, 7) is 15.7. The lowest BCUT2D eigenvalue weighted by Crippen LogP contribution is -2.38. The average Bonchev–Trinajstić information content (AvgIpc) is 3.04. The quantitative estimate of drug-likeness (QED) is 0.588. The first-order chi connectivity index (χ1) is 11.8. The fourth-order valence-corrected chi connectivity index (χ4v) is 3.31. The van der Waals surface area contributed by atoms with Gasteiger partial charge >= 0.3 is 6.03 Å². The van der Waals surface area contributed by atoms with Gasteiger partial charge < -0.3 is 4.90 Å². The van der Waals surface area contributed by atoms with Crippen molar-refractivity contribution >= 4 is 16.1 Å². The molecule has 0 spiro atoms. The minimum absolute atomic E-state index is 0.0901. The first-order valence-corrected chi connectivity index (χ1v) is 9.25. The molecule has 0 aliphatic rings.